The van der Waals surface area contributed by atoms with Crippen molar-refractivity contribution in [1.82, 2.24) is 4.57 Å². The Morgan fingerprint density at radius 2 is 1.04 bits per heavy atom. The number of rotatable bonds is 3. The van der Waals surface area contributed by atoms with Crippen LogP contribution in [0.3, 0.4) is 0 Å². The molecule has 1 N–H and O–H groups in total. The molecule has 10 rings (SSSR count). The lowest BCUT2D eigenvalue weighted by Crippen LogP contribution is -1.93. The fourth-order valence-electron chi connectivity index (χ4n) is 6.80. The molecule has 0 bridgehead atoms. The largest absolute Gasteiger partial charge is 0.456 e. The standard InChI is InChI=1S/C38H24N2O.C6H6/c1-2-11-27(12-3-1)39-28-16-19-36-31(21-28)32-22-33-35(23-37(32)41-36)40(29-17-14-24-8-4-5-10-26(24)20-29)34-18-15-25-9-6-7-13-30(25)38(33)34;1-2-4-6-5-3-1/h1-23,39H;1-6H. The number of aromatic nitrogens is 1. The van der Waals surface area contributed by atoms with E-state index in [9.17, 15) is 0 Å². The van der Waals surface area contributed by atoms with Crippen LogP contribution in [0.15, 0.2) is 180 Å². The molecule has 0 fully saturated rings. The van der Waals surface area contributed by atoms with Gasteiger partial charge in [-0.15, -0.1) is 0 Å². The third-order valence-electron chi connectivity index (χ3n) is 8.97. The summed E-state index contributed by atoms with van der Waals surface area (Å²) in [4.78, 5) is 0. The van der Waals surface area contributed by atoms with Gasteiger partial charge in [-0.25, -0.2) is 0 Å². The molecule has 8 aromatic carbocycles. The zero-order valence-corrected chi connectivity index (χ0v) is 25.6. The number of hydrogen-bond donors (Lipinski definition) is 1. The van der Waals surface area contributed by atoms with Gasteiger partial charge in [0.1, 0.15) is 11.2 Å². The van der Waals surface area contributed by atoms with E-state index in [2.05, 4.69) is 131 Å². The van der Waals surface area contributed by atoms with Crippen molar-refractivity contribution in [1.29, 1.82) is 0 Å². The van der Waals surface area contributed by atoms with Crippen LogP contribution in [0, 0.1) is 0 Å². The zero-order valence-electron chi connectivity index (χ0n) is 25.6. The van der Waals surface area contributed by atoms with Crippen molar-refractivity contribution in [2.75, 3.05) is 5.32 Å². The Morgan fingerprint density at radius 3 is 1.85 bits per heavy atom. The quantitative estimate of drug-likeness (QED) is 0.218. The summed E-state index contributed by atoms with van der Waals surface area (Å²) in [7, 11) is 0. The maximum absolute atomic E-state index is 6.47. The summed E-state index contributed by atoms with van der Waals surface area (Å²) >= 11 is 0. The molecule has 0 aliphatic heterocycles. The molecule has 0 spiro atoms. The Kier molecular flexibility index (Phi) is 6.46. The molecule has 3 nitrogen and oxygen atoms in total. The third-order valence-corrected chi connectivity index (χ3v) is 8.97. The zero-order chi connectivity index (χ0) is 31.2. The Morgan fingerprint density at radius 1 is 0.383 bits per heavy atom. The number of furan rings is 1. The van der Waals surface area contributed by atoms with Crippen molar-refractivity contribution in [3.05, 3.63) is 176 Å². The van der Waals surface area contributed by atoms with E-state index in [4.69, 9.17) is 4.42 Å². The fraction of sp³-hybridized carbons (Fsp3) is 0. The number of anilines is 2. The Bertz CT molecular complexity index is 2680. The van der Waals surface area contributed by atoms with E-state index in [0.29, 0.717) is 0 Å². The maximum Gasteiger partial charge on any atom is 0.137 e. The summed E-state index contributed by atoms with van der Waals surface area (Å²) in [6.07, 6.45) is 0. The van der Waals surface area contributed by atoms with Gasteiger partial charge in [0.25, 0.3) is 0 Å². The van der Waals surface area contributed by atoms with Crippen molar-refractivity contribution < 1.29 is 4.42 Å². The van der Waals surface area contributed by atoms with Gasteiger partial charge in [-0.2, -0.15) is 0 Å². The van der Waals surface area contributed by atoms with Crippen molar-refractivity contribution >= 4 is 76.7 Å². The van der Waals surface area contributed by atoms with E-state index >= 15 is 0 Å². The molecule has 2 heterocycles. The molecule has 0 amide bonds. The second kappa shape index (κ2) is 11.2. The van der Waals surface area contributed by atoms with E-state index in [1.165, 1.54) is 37.8 Å². The first-order valence-electron chi connectivity index (χ1n) is 15.9. The topological polar surface area (TPSA) is 30.1 Å². The van der Waals surface area contributed by atoms with Gasteiger partial charge >= 0.3 is 0 Å². The SMILES string of the molecule is c1ccc(Nc2ccc3oc4cc5c(cc4c3c2)c2c3ccccc3ccc2n5-c2ccc3ccccc3c2)cc1.c1ccccc1. The first kappa shape index (κ1) is 27.0. The highest BCUT2D eigenvalue weighted by Gasteiger charge is 2.18. The third kappa shape index (κ3) is 4.77. The Hall–Kier alpha value is -6.32. The molecule has 222 valence electrons. The van der Waals surface area contributed by atoms with Crippen LogP contribution in [0.1, 0.15) is 0 Å². The van der Waals surface area contributed by atoms with E-state index in [-0.39, 0.29) is 0 Å². The van der Waals surface area contributed by atoms with Crippen molar-refractivity contribution in [3.8, 4) is 5.69 Å². The average molecular weight is 603 g/mol. The number of nitrogens with one attached hydrogen (secondary N) is 1. The molecular formula is C44H30N2O. The molecule has 0 saturated heterocycles. The molecule has 3 heteroatoms. The van der Waals surface area contributed by atoms with Crippen LogP contribution in [0.2, 0.25) is 0 Å². The van der Waals surface area contributed by atoms with Gasteiger partial charge in [-0.05, 0) is 76.1 Å². The van der Waals surface area contributed by atoms with Gasteiger partial charge in [-0.1, -0.05) is 115 Å². The van der Waals surface area contributed by atoms with Gasteiger partial charge in [0.05, 0.1) is 11.0 Å². The normalized spacial score (nSPS) is 11.4. The molecule has 0 atom stereocenters. The highest BCUT2D eigenvalue weighted by atomic mass is 16.3. The summed E-state index contributed by atoms with van der Waals surface area (Å²) in [6, 6.07) is 61.6. The second-order valence-electron chi connectivity index (χ2n) is 11.9. The van der Waals surface area contributed by atoms with E-state index in [1.807, 2.05) is 54.6 Å². The molecule has 47 heavy (non-hydrogen) atoms. The minimum Gasteiger partial charge on any atom is -0.456 e. The van der Waals surface area contributed by atoms with Crippen LogP contribution in [0.4, 0.5) is 11.4 Å². The predicted molar refractivity (Wildman–Crippen MR) is 199 cm³/mol. The lowest BCUT2D eigenvalue weighted by Gasteiger charge is -2.10. The van der Waals surface area contributed by atoms with Crippen molar-refractivity contribution in [2.45, 2.75) is 0 Å². The fourth-order valence-corrected chi connectivity index (χ4v) is 6.80. The summed E-state index contributed by atoms with van der Waals surface area (Å²) < 4.78 is 8.86. The highest BCUT2D eigenvalue weighted by molar-refractivity contribution is 6.24. The summed E-state index contributed by atoms with van der Waals surface area (Å²) in [5.41, 5.74) is 7.35. The molecule has 0 unspecified atom stereocenters. The van der Waals surface area contributed by atoms with Gasteiger partial charge in [-0.3, -0.25) is 0 Å². The predicted octanol–water partition coefficient (Wildman–Crippen LogP) is 12.4. The van der Waals surface area contributed by atoms with Crippen molar-refractivity contribution in [2.24, 2.45) is 0 Å². The average Bonchev–Trinajstić information content (AvgIpc) is 3.66. The minimum atomic E-state index is 0.887. The monoisotopic (exact) mass is 602 g/mol. The molecule has 10 aromatic rings. The lowest BCUT2D eigenvalue weighted by molar-refractivity contribution is 0.669. The number of benzene rings is 8. The number of para-hydroxylation sites is 1. The van der Waals surface area contributed by atoms with Crippen LogP contribution < -0.4 is 5.32 Å². The van der Waals surface area contributed by atoms with Crippen LogP contribution >= 0.6 is 0 Å². The highest BCUT2D eigenvalue weighted by Crippen LogP contribution is 2.41. The first-order valence-corrected chi connectivity index (χ1v) is 15.9. The first-order chi connectivity index (χ1) is 23.3. The van der Waals surface area contributed by atoms with E-state index in [0.717, 1.165) is 44.5 Å². The van der Waals surface area contributed by atoms with E-state index < -0.39 is 0 Å². The number of hydrogen-bond acceptors (Lipinski definition) is 2. The molecule has 0 radical (unpaired) electrons. The van der Waals surface area contributed by atoms with Gasteiger partial charge in [0.2, 0.25) is 0 Å². The lowest BCUT2D eigenvalue weighted by atomic mass is 10.0. The van der Waals surface area contributed by atoms with Crippen LogP contribution in [0.5, 0.6) is 0 Å². The van der Waals surface area contributed by atoms with E-state index in [1.54, 1.807) is 0 Å². The summed E-state index contributed by atoms with van der Waals surface area (Å²) in [6.45, 7) is 0. The minimum absolute atomic E-state index is 0.887. The Labute approximate surface area is 271 Å². The second-order valence-corrected chi connectivity index (χ2v) is 11.9. The van der Waals surface area contributed by atoms with Crippen LogP contribution in [-0.4, -0.2) is 4.57 Å². The van der Waals surface area contributed by atoms with Gasteiger partial charge in [0.15, 0.2) is 0 Å². The summed E-state index contributed by atoms with van der Waals surface area (Å²) in [5.74, 6) is 0. The summed E-state index contributed by atoms with van der Waals surface area (Å²) in [5, 5.41) is 13.2. The molecule has 0 aliphatic carbocycles. The molecular weight excluding hydrogens is 572 g/mol. The molecule has 2 aromatic heterocycles. The number of nitrogens with zero attached hydrogens (tertiary/aromatic N) is 1. The van der Waals surface area contributed by atoms with Gasteiger partial charge in [0, 0.05) is 44.7 Å². The molecule has 0 aliphatic rings. The molecule has 0 saturated carbocycles. The maximum atomic E-state index is 6.47. The number of fused-ring (bicyclic) bond motifs is 9. The van der Waals surface area contributed by atoms with Crippen molar-refractivity contribution in [3.63, 3.8) is 0 Å². The van der Waals surface area contributed by atoms with Gasteiger partial charge < -0.3 is 14.3 Å². The van der Waals surface area contributed by atoms with Crippen LogP contribution in [0.25, 0.3) is 71.0 Å². The smallest absolute Gasteiger partial charge is 0.137 e. The Balaban J connectivity index is 0.000000457. The van der Waals surface area contributed by atoms with Crippen LogP contribution in [-0.2, 0) is 0 Å².